The summed E-state index contributed by atoms with van der Waals surface area (Å²) in [6.07, 6.45) is 0. The number of halogens is 1. The van der Waals surface area contributed by atoms with Gasteiger partial charge in [0.1, 0.15) is 0 Å². The smallest absolute Gasteiger partial charge is 0.255 e. The predicted octanol–water partition coefficient (Wildman–Crippen LogP) is 3.38. The van der Waals surface area contributed by atoms with E-state index in [2.05, 4.69) is 38.5 Å². The molecule has 5 nitrogen and oxygen atoms in total. The summed E-state index contributed by atoms with van der Waals surface area (Å²) in [5.41, 5.74) is 1.99. The highest BCUT2D eigenvalue weighted by molar-refractivity contribution is 14.1. The number of hydrogen-bond acceptors (Lipinski definition) is 3. The van der Waals surface area contributed by atoms with Gasteiger partial charge in [-0.2, -0.15) is 0 Å². The summed E-state index contributed by atoms with van der Waals surface area (Å²) in [6.45, 7) is 1.39. The summed E-state index contributed by atoms with van der Waals surface area (Å²) in [5, 5.41) is 8.40. The summed E-state index contributed by atoms with van der Waals surface area (Å²) < 4.78 is 1.07. The van der Waals surface area contributed by atoms with Crippen molar-refractivity contribution in [2.75, 3.05) is 10.6 Å². The minimum atomic E-state index is -0.232. The Labute approximate surface area is 153 Å². The fourth-order valence-corrected chi connectivity index (χ4v) is 2.38. The first-order chi connectivity index (χ1) is 10.9. The van der Waals surface area contributed by atoms with Crippen LogP contribution in [0.3, 0.4) is 0 Å². The highest BCUT2D eigenvalue weighted by atomic mass is 127. The zero-order valence-corrected chi connectivity index (χ0v) is 15.2. The van der Waals surface area contributed by atoms with Gasteiger partial charge in [0.25, 0.3) is 5.91 Å². The van der Waals surface area contributed by atoms with Crippen LogP contribution in [0.2, 0.25) is 0 Å². The van der Waals surface area contributed by atoms with Gasteiger partial charge in [-0.05, 0) is 83.3 Å². The number of anilines is 2. The van der Waals surface area contributed by atoms with Crippen LogP contribution in [-0.2, 0) is 4.79 Å². The third kappa shape index (κ3) is 5.61. The second-order valence-electron chi connectivity index (χ2n) is 4.67. The third-order valence-electron chi connectivity index (χ3n) is 2.80. The number of thiocarbonyl (C=S) groups is 1. The molecule has 0 heterocycles. The van der Waals surface area contributed by atoms with Gasteiger partial charge in [-0.25, -0.2) is 0 Å². The summed E-state index contributed by atoms with van der Waals surface area (Å²) in [7, 11) is 0. The lowest BCUT2D eigenvalue weighted by Gasteiger charge is -2.09. The zero-order valence-electron chi connectivity index (χ0n) is 12.2. The zero-order chi connectivity index (χ0) is 16.8. The van der Waals surface area contributed by atoms with Gasteiger partial charge >= 0.3 is 0 Å². The predicted molar refractivity (Wildman–Crippen MR) is 104 cm³/mol. The fourth-order valence-electron chi connectivity index (χ4n) is 1.76. The molecule has 0 atom stereocenters. The fraction of sp³-hybridized carbons (Fsp3) is 0.0625. The van der Waals surface area contributed by atoms with Crippen LogP contribution in [0.5, 0.6) is 0 Å². The highest BCUT2D eigenvalue weighted by Crippen LogP contribution is 2.15. The molecule has 2 amide bonds. The quantitative estimate of drug-likeness (QED) is 0.507. The Kier molecular flexibility index (Phi) is 6.05. The van der Waals surface area contributed by atoms with E-state index < -0.39 is 0 Å². The Balaban J connectivity index is 1.97. The normalized spacial score (nSPS) is 9.83. The summed E-state index contributed by atoms with van der Waals surface area (Å²) >= 11 is 7.16. The molecule has 0 aromatic heterocycles. The molecule has 0 aliphatic rings. The van der Waals surface area contributed by atoms with Gasteiger partial charge < -0.3 is 16.0 Å². The number of benzene rings is 2. The first kappa shape index (κ1) is 17.4. The lowest BCUT2D eigenvalue weighted by atomic mass is 10.2. The van der Waals surface area contributed by atoms with Crippen molar-refractivity contribution in [2.24, 2.45) is 0 Å². The van der Waals surface area contributed by atoms with Gasteiger partial charge in [0.2, 0.25) is 5.91 Å². The molecule has 0 unspecified atom stereocenters. The second kappa shape index (κ2) is 8.02. The monoisotopic (exact) mass is 439 g/mol. The Morgan fingerprint density at radius 1 is 0.913 bits per heavy atom. The van der Waals surface area contributed by atoms with Gasteiger partial charge in [0, 0.05) is 27.4 Å². The van der Waals surface area contributed by atoms with Crippen LogP contribution in [0.1, 0.15) is 17.3 Å². The van der Waals surface area contributed by atoms with Crippen molar-refractivity contribution in [3.05, 3.63) is 57.7 Å². The van der Waals surface area contributed by atoms with Crippen LogP contribution in [0.4, 0.5) is 11.4 Å². The van der Waals surface area contributed by atoms with E-state index in [0.29, 0.717) is 11.3 Å². The van der Waals surface area contributed by atoms with Crippen LogP contribution in [-0.4, -0.2) is 16.9 Å². The topological polar surface area (TPSA) is 70.2 Å². The maximum atomic E-state index is 12.1. The van der Waals surface area contributed by atoms with E-state index in [1.54, 1.807) is 36.4 Å². The van der Waals surface area contributed by atoms with Crippen LogP contribution in [0.25, 0.3) is 0 Å². The van der Waals surface area contributed by atoms with Crippen LogP contribution in [0.15, 0.2) is 48.5 Å². The van der Waals surface area contributed by atoms with E-state index in [1.807, 2.05) is 12.1 Å². The van der Waals surface area contributed by atoms with Gasteiger partial charge in [-0.1, -0.05) is 0 Å². The lowest BCUT2D eigenvalue weighted by molar-refractivity contribution is -0.117. The molecule has 0 bridgehead atoms. The molecule has 3 N–H and O–H groups in total. The van der Waals surface area contributed by atoms with E-state index >= 15 is 0 Å². The first-order valence-electron chi connectivity index (χ1n) is 6.69. The standard InChI is InChI=1S/C16H14IN3O2S/c1-10(21)18-16(23)20-14-8-6-13(7-9-14)19-15(22)11-2-4-12(17)5-3-11/h2-9H,1H3,(H,19,22)(H2,18,20,21,23). The van der Waals surface area contributed by atoms with Crippen molar-refractivity contribution in [1.82, 2.24) is 5.32 Å². The molecule has 2 rings (SSSR count). The molecule has 118 valence electrons. The van der Waals surface area contributed by atoms with Crippen molar-refractivity contribution in [3.8, 4) is 0 Å². The van der Waals surface area contributed by atoms with E-state index in [-0.39, 0.29) is 16.9 Å². The van der Waals surface area contributed by atoms with E-state index in [0.717, 1.165) is 9.26 Å². The van der Waals surface area contributed by atoms with E-state index in [1.165, 1.54) is 6.92 Å². The molecule has 23 heavy (non-hydrogen) atoms. The molecule has 2 aromatic rings. The minimum Gasteiger partial charge on any atom is -0.332 e. The summed E-state index contributed by atoms with van der Waals surface area (Å²) in [6, 6.07) is 14.3. The van der Waals surface area contributed by atoms with E-state index in [4.69, 9.17) is 12.2 Å². The molecule has 0 saturated heterocycles. The Hall–Kier alpha value is -2.00. The Morgan fingerprint density at radius 3 is 1.96 bits per heavy atom. The van der Waals surface area contributed by atoms with Crippen molar-refractivity contribution < 1.29 is 9.59 Å². The highest BCUT2D eigenvalue weighted by Gasteiger charge is 2.06. The molecular formula is C16H14IN3O2S. The molecule has 0 aliphatic heterocycles. The average Bonchev–Trinajstić information content (AvgIpc) is 2.49. The van der Waals surface area contributed by atoms with Gasteiger partial charge in [0.15, 0.2) is 5.11 Å². The molecule has 7 heteroatoms. The molecule has 0 aliphatic carbocycles. The molecule has 0 fully saturated rings. The number of carbonyl (C=O) groups is 2. The van der Waals surface area contributed by atoms with Crippen molar-refractivity contribution >= 4 is 63.1 Å². The van der Waals surface area contributed by atoms with E-state index in [9.17, 15) is 9.59 Å². The minimum absolute atomic E-state index is 0.170. The molecule has 0 radical (unpaired) electrons. The molecule has 2 aromatic carbocycles. The second-order valence-corrected chi connectivity index (χ2v) is 6.33. The molecule has 0 saturated carbocycles. The van der Waals surface area contributed by atoms with Crippen LogP contribution in [0, 0.1) is 3.57 Å². The Morgan fingerprint density at radius 2 is 1.43 bits per heavy atom. The number of amides is 2. The Bertz CT molecular complexity index is 730. The maximum Gasteiger partial charge on any atom is 0.255 e. The van der Waals surface area contributed by atoms with Crippen LogP contribution >= 0.6 is 34.8 Å². The summed E-state index contributed by atoms with van der Waals surface area (Å²) in [4.78, 5) is 23.0. The SMILES string of the molecule is CC(=O)NC(=S)Nc1ccc(NC(=O)c2ccc(I)cc2)cc1. The molecule has 0 spiro atoms. The first-order valence-corrected chi connectivity index (χ1v) is 8.18. The van der Waals surface area contributed by atoms with Gasteiger partial charge in [-0.15, -0.1) is 0 Å². The number of rotatable bonds is 3. The third-order valence-corrected chi connectivity index (χ3v) is 3.72. The number of nitrogens with one attached hydrogen (secondary N) is 3. The molecular weight excluding hydrogens is 425 g/mol. The van der Waals surface area contributed by atoms with Gasteiger partial charge in [0.05, 0.1) is 0 Å². The number of carbonyl (C=O) groups excluding carboxylic acids is 2. The summed E-state index contributed by atoms with van der Waals surface area (Å²) in [5.74, 6) is -0.403. The lowest BCUT2D eigenvalue weighted by Crippen LogP contribution is -2.32. The number of hydrogen-bond donors (Lipinski definition) is 3. The van der Waals surface area contributed by atoms with Crippen molar-refractivity contribution in [3.63, 3.8) is 0 Å². The largest absolute Gasteiger partial charge is 0.332 e. The average molecular weight is 439 g/mol. The maximum absolute atomic E-state index is 12.1. The van der Waals surface area contributed by atoms with Crippen molar-refractivity contribution in [1.29, 1.82) is 0 Å². The van der Waals surface area contributed by atoms with Crippen molar-refractivity contribution in [2.45, 2.75) is 6.92 Å². The van der Waals surface area contributed by atoms with Crippen LogP contribution < -0.4 is 16.0 Å². The van der Waals surface area contributed by atoms with Gasteiger partial charge in [-0.3, -0.25) is 9.59 Å².